The molecule has 0 aliphatic carbocycles. The highest BCUT2D eigenvalue weighted by Crippen LogP contribution is 2.26. The first kappa shape index (κ1) is 16.0. The van der Waals surface area contributed by atoms with Gasteiger partial charge in [-0.05, 0) is 24.3 Å². The van der Waals surface area contributed by atoms with E-state index in [0.717, 1.165) is 5.76 Å². The number of carbonyl (C=O) groups is 1. The van der Waals surface area contributed by atoms with E-state index < -0.39 is 5.91 Å². The lowest BCUT2D eigenvalue weighted by Gasteiger charge is -1.98. The fraction of sp³-hybridized carbons (Fsp3) is 0.0667. The van der Waals surface area contributed by atoms with Gasteiger partial charge in [0.1, 0.15) is 28.7 Å². The monoisotopic (exact) mass is 358 g/mol. The molecule has 0 saturated carbocycles. The number of nitriles is 1. The van der Waals surface area contributed by atoms with Gasteiger partial charge >= 0.3 is 0 Å². The summed E-state index contributed by atoms with van der Waals surface area (Å²) in [5.74, 6) is 1.32. The van der Waals surface area contributed by atoms with Gasteiger partial charge in [-0.2, -0.15) is 5.26 Å². The van der Waals surface area contributed by atoms with E-state index in [-0.39, 0.29) is 5.57 Å². The summed E-state index contributed by atoms with van der Waals surface area (Å²) in [6.07, 6.45) is 3.00. The van der Waals surface area contributed by atoms with Crippen molar-refractivity contribution in [1.29, 1.82) is 5.26 Å². The molecule has 7 nitrogen and oxygen atoms in total. The van der Waals surface area contributed by atoms with Crippen molar-refractivity contribution in [3.05, 3.63) is 53.1 Å². The van der Waals surface area contributed by atoms with Gasteiger partial charge < -0.3 is 8.83 Å². The van der Waals surface area contributed by atoms with Crippen molar-refractivity contribution in [2.45, 2.75) is 10.8 Å². The standard InChI is InChI=1S/C15H10N4O3S2/c16-7-10(14(20)18-15-19-17-9-24-15)6-11-3-4-13(22-11)23-8-12-2-1-5-21-12/h1-6,9H,8H2,(H,18,19,20)/b10-6-. The lowest BCUT2D eigenvalue weighted by Crippen LogP contribution is -2.13. The molecule has 0 fully saturated rings. The molecule has 1 amide bonds. The maximum atomic E-state index is 12.0. The van der Waals surface area contributed by atoms with Gasteiger partial charge in [-0.3, -0.25) is 10.1 Å². The predicted molar refractivity (Wildman–Crippen MR) is 89.1 cm³/mol. The van der Waals surface area contributed by atoms with Gasteiger partial charge in [-0.1, -0.05) is 23.1 Å². The first-order valence-corrected chi connectivity index (χ1v) is 8.55. The molecule has 3 aromatic rings. The first-order chi connectivity index (χ1) is 11.7. The molecule has 0 aliphatic rings. The van der Waals surface area contributed by atoms with Gasteiger partial charge in [0.05, 0.1) is 12.0 Å². The van der Waals surface area contributed by atoms with E-state index in [0.29, 0.717) is 21.7 Å². The Kier molecular flexibility index (Phi) is 5.10. The minimum absolute atomic E-state index is 0.0814. The van der Waals surface area contributed by atoms with Crippen LogP contribution in [0.5, 0.6) is 0 Å². The van der Waals surface area contributed by atoms with Crippen LogP contribution in [-0.4, -0.2) is 16.1 Å². The molecule has 3 aromatic heterocycles. The first-order valence-electron chi connectivity index (χ1n) is 6.69. The second kappa shape index (κ2) is 7.63. The van der Waals surface area contributed by atoms with Crippen LogP contribution in [0, 0.1) is 11.3 Å². The van der Waals surface area contributed by atoms with E-state index in [9.17, 15) is 4.79 Å². The van der Waals surface area contributed by atoms with E-state index in [4.69, 9.17) is 14.1 Å². The number of hydrogen-bond donors (Lipinski definition) is 1. The van der Waals surface area contributed by atoms with Crippen molar-refractivity contribution in [3.8, 4) is 6.07 Å². The Balaban J connectivity index is 1.65. The highest BCUT2D eigenvalue weighted by atomic mass is 32.2. The van der Waals surface area contributed by atoms with Crippen LogP contribution in [0.4, 0.5) is 5.13 Å². The minimum Gasteiger partial charge on any atom is -0.468 e. The average Bonchev–Trinajstić information content (AvgIpc) is 3.33. The second-order valence-electron chi connectivity index (χ2n) is 4.39. The highest BCUT2D eigenvalue weighted by Gasteiger charge is 2.12. The Bertz CT molecular complexity index is 876. The third kappa shape index (κ3) is 4.13. The summed E-state index contributed by atoms with van der Waals surface area (Å²) >= 11 is 2.62. The molecule has 120 valence electrons. The Morgan fingerprint density at radius 1 is 1.46 bits per heavy atom. The molecular weight excluding hydrogens is 348 g/mol. The molecule has 3 heterocycles. The Morgan fingerprint density at radius 3 is 3.08 bits per heavy atom. The zero-order valence-corrected chi connectivity index (χ0v) is 13.8. The van der Waals surface area contributed by atoms with E-state index in [1.807, 2.05) is 18.2 Å². The molecule has 3 rings (SSSR count). The summed E-state index contributed by atoms with van der Waals surface area (Å²) < 4.78 is 10.8. The molecule has 9 heteroatoms. The second-order valence-corrected chi connectivity index (χ2v) is 6.21. The average molecular weight is 358 g/mol. The van der Waals surface area contributed by atoms with Crippen LogP contribution in [0.15, 0.2) is 55.5 Å². The Morgan fingerprint density at radius 2 is 2.38 bits per heavy atom. The molecule has 0 aromatic carbocycles. The van der Waals surface area contributed by atoms with Crippen molar-refractivity contribution in [2.24, 2.45) is 0 Å². The quantitative estimate of drug-likeness (QED) is 0.408. The Labute approximate surface area is 145 Å². The van der Waals surface area contributed by atoms with Crippen LogP contribution >= 0.6 is 23.1 Å². The van der Waals surface area contributed by atoms with E-state index in [1.54, 1.807) is 18.4 Å². The smallest absolute Gasteiger partial charge is 0.268 e. The number of nitrogens with zero attached hydrogens (tertiary/aromatic N) is 3. The molecule has 0 radical (unpaired) electrons. The predicted octanol–water partition coefficient (Wildman–Crippen LogP) is 3.56. The molecule has 0 bridgehead atoms. The van der Waals surface area contributed by atoms with E-state index in [1.165, 1.54) is 34.7 Å². The third-order valence-corrected chi connectivity index (χ3v) is 4.31. The van der Waals surface area contributed by atoms with Crippen molar-refractivity contribution < 1.29 is 13.6 Å². The van der Waals surface area contributed by atoms with Gasteiger partial charge in [0.25, 0.3) is 5.91 Å². The zero-order valence-electron chi connectivity index (χ0n) is 12.1. The molecule has 24 heavy (non-hydrogen) atoms. The number of furan rings is 2. The van der Waals surface area contributed by atoms with Crippen molar-refractivity contribution in [3.63, 3.8) is 0 Å². The SMILES string of the molecule is N#C/C(=C/c1ccc(SCc2ccco2)o1)C(=O)Nc1nncs1. The number of thioether (sulfide) groups is 1. The maximum Gasteiger partial charge on any atom is 0.268 e. The molecule has 0 spiro atoms. The summed E-state index contributed by atoms with van der Waals surface area (Å²) in [5, 5.41) is 20.0. The van der Waals surface area contributed by atoms with Crippen molar-refractivity contribution >= 4 is 40.2 Å². The van der Waals surface area contributed by atoms with Crippen LogP contribution in [0.3, 0.4) is 0 Å². The number of anilines is 1. The molecular formula is C15H10N4O3S2. The van der Waals surface area contributed by atoms with Crippen LogP contribution in [0.25, 0.3) is 6.08 Å². The van der Waals surface area contributed by atoms with Crippen LogP contribution < -0.4 is 5.32 Å². The lowest BCUT2D eigenvalue weighted by atomic mass is 10.2. The number of nitrogens with one attached hydrogen (secondary N) is 1. The number of amides is 1. The number of carbonyl (C=O) groups excluding carboxylic acids is 1. The van der Waals surface area contributed by atoms with Gasteiger partial charge in [0, 0.05) is 6.08 Å². The summed E-state index contributed by atoms with van der Waals surface area (Å²) in [7, 11) is 0. The topological polar surface area (TPSA) is 105 Å². The normalized spacial score (nSPS) is 11.2. The molecule has 0 saturated heterocycles. The summed E-state index contributed by atoms with van der Waals surface area (Å²) in [6.45, 7) is 0. The summed E-state index contributed by atoms with van der Waals surface area (Å²) in [6, 6.07) is 9.02. The summed E-state index contributed by atoms with van der Waals surface area (Å²) in [5.41, 5.74) is 1.41. The maximum absolute atomic E-state index is 12.0. The highest BCUT2D eigenvalue weighted by molar-refractivity contribution is 7.98. The largest absolute Gasteiger partial charge is 0.468 e. The fourth-order valence-corrected chi connectivity index (χ4v) is 2.92. The minimum atomic E-state index is -0.560. The van der Waals surface area contributed by atoms with Gasteiger partial charge in [0.15, 0.2) is 5.09 Å². The van der Waals surface area contributed by atoms with Crippen LogP contribution in [0.1, 0.15) is 11.5 Å². The van der Waals surface area contributed by atoms with E-state index in [2.05, 4.69) is 15.5 Å². The molecule has 0 unspecified atom stereocenters. The molecule has 0 aliphatic heterocycles. The van der Waals surface area contributed by atoms with Crippen LogP contribution in [0.2, 0.25) is 0 Å². The van der Waals surface area contributed by atoms with Crippen molar-refractivity contribution in [2.75, 3.05) is 5.32 Å². The zero-order chi connectivity index (χ0) is 16.8. The lowest BCUT2D eigenvalue weighted by molar-refractivity contribution is -0.112. The van der Waals surface area contributed by atoms with Gasteiger partial charge in [-0.25, -0.2) is 0 Å². The number of aromatic nitrogens is 2. The molecule has 1 N–H and O–H groups in total. The summed E-state index contributed by atoms with van der Waals surface area (Å²) in [4.78, 5) is 12.0. The van der Waals surface area contributed by atoms with Gasteiger partial charge in [0.2, 0.25) is 5.13 Å². The number of rotatable bonds is 6. The fourth-order valence-electron chi connectivity index (χ4n) is 1.71. The molecule has 0 atom stereocenters. The number of hydrogen-bond acceptors (Lipinski definition) is 8. The van der Waals surface area contributed by atoms with E-state index >= 15 is 0 Å². The van der Waals surface area contributed by atoms with Crippen molar-refractivity contribution in [1.82, 2.24) is 10.2 Å². The Hall–Kier alpha value is -2.83. The van der Waals surface area contributed by atoms with Crippen LogP contribution in [-0.2, 0) is 10.5 Å². The third-order valence-electron chi connectivity index (χ3n) is 2.77. The van der Waals surface area contributed by atoms with Gasteiger partial charge in [-0.15, -0.1) is 10.2 Å².